The Morgan fingerprint density at radius 1 is 1.23 bits per heavy atom. The van der Waals surface area contributed by atoms with Crippen molar-refractivity contribution >= 4 is 17.7 Å². The number of nitrogens with zero attached hydrogens (tertiary/aromatic N) is 1. The van der Waals surface area contributed by atoms with Gasteiger partial charge in [0.2, 0.25) is 5.91 Å². The van der Waals surface area contributed by atoms with Crippen LogP contribution in [0.25, 0.3) is 11.1 Å². The molecule has 0 atom stereocenters. The number of carbonyl (C=O) groups excluding carboxylic acids is 2. The number of nitrogens with one attached hydrogen (secondary N) is 2. The van der Waals surface area contributed by atoms with Crippen molar-refractivity contribution in [1.29, 1.82) is 0 Å². The van der Waals surface area contributed by atoms with Gasteiger partial charge < -0.3 is 10.1 Å². The van der Waals surface area contributed by atoms with Crippen molar-refractivity contribution in [3.05, 3.63) is 36.5 Å². The van der Waals surface area contributed by atoms with E-state index < -0.39 is 5.60 Å². The van der Waals surface area contributed by atoms with E-state index in [0.717, 1.165) is 11.1 Å². The van der Waals surface area contributed by atoms with Crippen LogP contribution in [0, 0.1) is 11.8 Å². The molecule has 0 spiro atoms. The third kappa shape index (κ3) is 4.50. The highest BCUT2D eigenvalue weighted by Crippen LogP contribution is 2.38. The van der Waals surface area contributed by atoms with E-state index in [-0.39, 0.29) is 23.7 Å². The number of aromatic nitrogens is 2. The Morgan fingerprint density at radius 2 is 1.92 bits per heavy atom. The summed E-state index contributed by atoms with van der Waals surface area (Å²) in [4.78, 5) is 24.3. The van der Waals surface area contributed by atoms with Crippen LogP contribution in [0.15, 0.2) is 36.5 Å². The lowest BCUT2D eigenvalue weighted by molar-refractivity contribution is -0.157. The first kappa shape index (κ1) is 18.2. The van der Waals surface area contributed by atoms with Gasteiger partial charge in [0.1, 0.15) is 11.4 Å². The molecule has 1 fully saturated rings. The predicted octanol–water partition coefficient (Wildman–Crippen LogP) is 3.77. The van der Waals surface area contributed by atoms with E-state index in [4.69, 9.17) is 4.74 Å². The maximum absolute atomic E-state index is 12.5. The van der Waals surface area contributed by atoms with E-state index in [2.05, 4.69) is 15.5 Å². The molecule has 6 heteroatoms. The Morgan fingerprint density at radius 3 is 2.58 bits per heavy atom. The van der Waals surface area contributed by atoms with Gasteiger partial charge in [0.05, 0.1) is 6.20 Å². The number of rotatable bonds is 5. The van der Waals surface area contributed by atoms with Gasteiger partial charge in [-0.05, 0) is 45.1 Å². The van der Waals surface area contributed by atoms with Gasteiger partial charge in [-0.3, -0.25) is 14.7 Å². The molecule has 3 rings (SSSR count). The van der Waals surface area contributed by atoms with E-state index in [0.29, 0.717) is 25.1 Å². The smallest absolute Gasteiger partial charge is 0.306 e. The molecule has 138 valence electrons. The van der Waals surface area contributed by atoms with Crippen LogP contribution in [-0.4, -0.2) is 27.7 Å². The summed E-state index contributed by atoms with van der Waals surface area (Å²) < 4.78 is 5.34. The van der Waals surface area contributed by atoms with Gasteiger partial charge in [0.15, 0.2) is 0 Å². The van der Waals surface area contributed by atoms with Crippen LogP contribution in [0.3, 0.4) is 0 Å². The number of aromatic amines is 1. The second-order valence-corrected chi connectivity index (χ2v) is 7.84. The summed E-state index contributed by atoms with van der Waals surface area (Å²) >= 11 is 0. The van der Waals surface area contributed by atoms with E-state index >= 15 is 0 Å². The van der Waals surface area contributed by atoms with Crippen LogP contribution in [0.1, 0.15) is 40.0 Å². The maximum Gasteiger partial charge on any atom is 0.306 e. The van der Waals surface area contributed by atoms with Crippen molar-refractivity contribution in [2.45, 2.75) is 45.6 Å². The molecule has 6 nitrogen and oxygen atoms in total. The van der Waals surface area contributed by atoms with Gasteiger partial charge >= 0.3 is 5.97 Å². The van der Waals surface area contributed by atoms with Gasteiger partial charge in [-0.15, -0.1) is 0 Å². The Kier molecular flexibility index (Phi) is 5.11. The fourth-order valence-corrected chi connectivity index (χ4v) is 3.18. The molecule has 1 aromatic heterocycles. The maximum atomic E-state index is 12.5. The predicted molar refractivity (Wildman–Crippen MR) is 99.3 cm³/mol. The average Bonchev–Trinajstić information content (AvgIpc) is 2.97. The van der Waals surface area contributed by atoms with Crippen LogP contribution in [0.5, 0.6) is 0 Å². The summed E-state index contributed by atoms with van der Waals surface area (Å²) in [6.45, 7) is 5.57. The Hall–Kier alpha value is -2.63. The molecule has 1 aromatic carbocycles. The highest BCUT2D eigenvalue weighted by Gasteiger charge is 2.36. The number of amides is 1. The van der Waals surface area contributed by atoms with Gasteiger partial charge in [0, 0.05) is 17.9 Å². The van der Waals surface area contributed by atoms with Crippen molar-refractivity contribution in [2.75, 3.05) is 5.32 Å². The first-order valence-electron chi connectivity index (χ1n) is 8.93. The van der Waals surface area contributed by atoms with Gasteiger partial charge in [-0.25, -0.2) is 0 Å². The van der Waals surface area contributed by atoms with Crippen molar-refractivity contribution in [3.63, 3.8) is 0 Å². The molecule has 1 aliphatic rings. The first-order valence-corrected chi connectivity index (χ1v) is 8.93. The molecule has 1 heterocycles. The minimum Gasteiger partial charge on any atom is -0.460 e. The number of anilines is 1. The molecule has 26 heavy (non-hydrogen) atoms. The van der Waals surface area contributed by atoms with Crippen molar-refractivity contribution in [2.24, 2.45) is 11.8 Å². The zero-order valence-corrected chi connectivity index (χ0v) is 15.4. The molecular weight excluding hydrogens is 330 g/mol. The molecule has 0 radical (unpaired) electrons. The summed E-state index contributed by atoms with van der Waals surface area (Å²) in [5.74, 6) is 0.523. The van der Waals surface area contributed by atoms with Gasteiger partial charge in [0.25, 0.3) is 0 Å². The quantitative estimate of drug-likeness (QED) is 0.800. The summed E-state index contributed by atoms with van der Waals surface area (Å²) in [5, 5.41) is 9.82. The summed E-state index contributed by atoms with van der Waals surface area (Å²) in [6.07, 6.45) is 3.50. The molecule has 0 unspecified atom stereocenters. The molecule has 1 amide bonds. The average molecular weight is 355 g/mol. The number of carbonyl (C=O) groups is 2. The molecule has 0 aliphatic heterocycles. The SMILES string of the molecule is CC(C)(C)OC(=O)CC1CC(C(=O)Nc2[nH]ncc2-c2ccccc2)C1. The molecular formula is C20H25N3O3. The molecule has 1 saturated carbocycles. The standard InChI is InChI=1S/C20H25N3O3/c1-20(2,3)26-17(24)11-13-9-15(10-13)19(25)22-18-16(12-21-23-18)14-7-5-4-6-8-14/h4-8,12-13,15H,9-11H2,1-3H3,(H2,21,22,23,25). The lowest BCUT2D eigenvalue weighted by Gasteiger charge is -2.34. The number of hydrogen-bond acceptors (Lipinski definition) is 4. The van der Waals surface area contributed by atoms with Crippen LogP contribution in [0.2, 0.25) is 0 Å². The molecule has 0 bridgehead atoms. The first-order chi connectivity index (χ1) is 12.3. The van der Waals surface area contributed by atoms with Crippen LogP contribution >= 0.6 is 0 Å². The third-order valence-corrected chi connectivity index (χ3v) is 4.45. The Bertz CT molecular complexity index is 771. The zero-order valence-electron chi connectivity index (χ0n) is 15.4. The summed E-state index contributed by atoms with van der Waals surface area (Å²) in [6, 6.07) is 9.78. The highest BCUT2D eigenvalue weighted by molar-refractivity contribution is 5.95. The molecule has 2 aromatic rings. The Balaban J connectivity index is 1.51. The zero-order chi connectivity index (χ0) is 18.7. The van der Waals surface area contributed by atoms with Crippen LogP contribution in [0.4, 0.5) is 5.82 Å². The summed E-state index contributed by atoms with van der Waals surface area (Å²) in [7, 11) is 0. The monoisotopic (exact) mass is 355 g/mol. The van der Waals surface area contributed by atoms with E-state index in [9.17, 15) is 9.59 Å². The van der Waals surface area contributed by atoms with E-state index in [1.54, 1.807) is 6.20 Å². The fraction of sp³-hybridized carbons (Fsp3) is 0.450. The number of hydrogen-bond donors (Lipinski definition) is 2. The second-order valence-electron chi connectivity index (χ2n) is 7.84. The third-order valence-electron chi connectivity index (χ3n) is 4.45. The lowest BCUT2D eigenvalue weighted by Crippen LogP contribution is -2.36. The molecule has 0 saturated heterocycles. The lowest BCUT2D eigenvalue weighted by atomic mass is 9.73. The largest absolute Gasteiger partial charge is 0.460 e. The Labute approximate surface area is 153 Å². The van der Waals surface area contributed by atoms with E-state index in [1.807, 2.05) is 51.1 Å². The topological polar surface area (TPSA) is 84.1 Å². The minimum atomic E-state index is -0.466. The van der Waals surface area contributed by atoms with Gasteiger partial charge in [-0.1, -0.05) is 30.3 Å². The summed E-state index contributed by atoms with van der Waals surface area (Å²) in [5.41, 5.74) is 1.39. The second kappa shape index (κ2) is 7.32. The van der Waals surface area contributed by atoms with Crippen LogP contribution < -0.4 is 5.32 Å². The fourth-order valence-electron chi connectivity index (χ4n) is 3.18. The number of ether oxygens (including phenoxy) is 1. The van der Waals surface area contributed by atoms with Crippen molar-refractivity contribution in [3.8, 4) is 11.1 Å². The van der Waals surface area contributed by atoms with Crippen molar-refractivity contribution in [1.82, 2.24) is 10.2 Å². The molecule has 1 aliphatic carbocycles. The van der Waals surface area contributed by atoms with Crippen LogP contribution in [-0.2, 0) is 14.3 Å². The normalized spacial score (nSPS) is 19.5. The molecule has 2 N–H and O–H groups in total. The number of esters is 1. The number of H-pyrrole nitrogens is 1. The van der Waals surface area contributed by atoms with Crippen molar-refractivity contribution < 1.29 is 14.3 Å². The highest BCUT2D eigenvalue weighted by atomic mass is 16.6. The van der Waals surface area contributed by atoms with Gasteiger partial charge in [-0.2, -0.15) is 5.10 Å². The number of benzene rings is 1. The van der Waals surface area contributed by atoms with E-state index in [1.165, 1.54) is 0 Å². The minimum absolute atomic E-state index is 0.0353.